The number of carbonyl (C=O) groups is 1. The molecule has 0 aromatic heterocycles. The fraction of sp³-hybridized carbons (Fsp3) is 0.304. The van der Waals surface area contributed by atoms with E-state index < -0.39 is 10.0 Å². The lowest BCUT2D eigenvalue weighted by Crippen LogP contribution is -2.33. The van der Waals surface area contributed by atoms with E-state index in [1.807, 2.05) is 45.0 Å². The molecule has 2 aromatic carbocycles. The van der Waals surface area contributed by atoms with Crippen molar-refractivity contribution >= 4 is 45.0 Å². The van der Waals surface area contributed by atoms with Gasteiger partial charge in [-0.2, -0.15) is 4.31 Å². The van der Waals surface area contributed by atoms with Crippen molar-refractivity contribution in [2.75, 3.05) is 18.4 Å². The van der Waals surface area contributed by atoms with Gasteiger partial charge in [0.05, 0.1) is 4.90 Å². The van der Waals surface area contributed by atoms with Crippen molar-refractivity contribution in [2.24, 2.45) is 0 Å². The highest BCUT2D eigenvalue weighted by molar-refractivity contribution is 7.89. The van der Waals surface area contributed by atoms with Crippen molar-refractivity contribution in [1.29, 1.82) is 0 Å². The Morgan fingerprint density at radius 1 is 1.00 bits per heavy atom. The Kier molecular flexibility index (Phi) is 9.36. The van der Waals surface area contributed by atoms with E-state index in [2.05, 4.69) is 10.6 Å². The van der Waals surface area contributed by atoms with E-state index in [1.54, 1.807) is 18.2 Å². The molecule has 0 aliphatic heterocycles. The third kappa shape index (κ3) is 7.57. The Morgan fingerprint density at radius 3 is 2.13 bits per heavy atom. The summed E-state index contributed by atoms with van der Waals surface area (Å²) in [4.78, 5) is 12.3. The summed E-state index contributed by atoms with van der Waals surface area (Å²) in [7, 11) is -3.53. The first kappa shape index (κ1) is 24.7. The summed E-state index contributed by atoms with van der Waals surface area (Å²) in [6.45, 7) is 6.89. The molecular formula is C23H29N3O3S2. The van der Waals surface area contributed by atoms with Gasteiger partial charge in [-0.05, 0) is 67.9 Å². The molecule has 0 radical (unpaired) electrons. The van der Waals surface area contributed by atoms with E-state index in [-0.39, 0.29) is 15.9 Å². The first-order valence-corrected chi connectivity index (χ1v) is 12.1. The Morgan fingerprint density at radius 2 is 1.58 bits per heavy atom. The number of thiocarbonyl (C=S) groups is 1. The zero-order valence-electron chi connectivity index (χ0n) is 18.1. The second-order valence-electron chi connectivity index (χ2n) is 7.12. The predicted octanol–water partition coefficient (Wildman–Crippen LogP) is 4.33. The van der Waals surface area contributed by atoms with Crippen LogP contribution in [-0.4, -0.2) is 36.8 Å². The monoisotopic (exact) mass is 459 g/mol. The first-order chi connectivity index (χ1) is 14.8. The lowest BCUT2D eigenvalue weighted by atomic mass is 10.1. The SMILES string of the molecule is CCCN(CCC)S(=O)(=O)c1ccc(NC(=S)NC(=O)/C=C/c2ccc(C)cc2)cc1. The third-order valence-electron chi connectivity index (χ3n) is 4.44. The number of nitrogens with one attached hydrogen (secondary N) is 2. The smallest absolute Gasteiger partial charge is 0.250 e. The van der Waals surface area contributed by atoms with Crippen molar-refractivity contribution in [3.8, 4) is 0 Å². The number of amides is 1. The summed E-state index contributed by atoms with van der Waals surface area (Å²) >= 11 is 5.17. The molecule has 166 valence electrons. The molecule has 0 aliphatic rings. The van der Waals surface area contributed by atoms with Gasteiger partial charge in [-0.15, -0.1) is 0 Å². The summed E-state index contributed by atoms with van der Waals surface area (Å²) in [6.07, 6.45) is 4.62. The highest BCUT2D eigenvalue weighted by Crippen LogP contribution is 2.19. The van der Waals surface area contributed by atoms with Gasteiger partial charge in [0.25, 0.3) is 0 Å². The van der Waals surface area contributed by atoms with Crippen molar-refractivity contribution in [1.82, 2.24) is 9.62 Å². The number of anilines is 1. The molecule has 0 aliphatic carbocycles. The van der Waals surface area contributed by atoms with Gasteiger partial charge in [0.15, 0.2) is 5.11 Å². The molecule has 6 nitrogen and oxygen atoms in total. The number of carbonyl (C=O) groups excluding carboxylic acids is 1. The molecule has 8 heteroatoms. The molecule has 31 heavy (non-hydrogen) atoms. The quantitative estimate of drug-likeness (QED) is 0.431. The maximum atomic E-state index is 12.8. The molecule has 1 amide bonds. The summed E-state index contributed by atoms with van der Waals surface area (Å²) in [5, 5.41) is 5.60. The maximum Gasteiger partial charge on any atom is 0.250 e. The van der Waals surface area contributed by atoms with Gasteiger partial charge in [0.1, 0.15) is 0 Å². The standard InChI is InChI=1S/C23H29N3O3S2/c1-4-16-26(17-5-2)31(28,29)21-13-11-20(12-14-21)24-23(30)25-22(27)15-10-19-8-6-18(3)7-9-19/h6-15H,4-5,16-17H2,1-3H3,(H2,24,25,27,30)/b15-10+. The molecular weight excluding hydrogens is 430 g/mol. The minimum absolute atomic E-state index is 0.132. The van der Waals surface area contributed by atoms with Crippen LogP contribution in [0.2, 0.25) is 0 Å². The van der Waals surface area contributed by atoms with Crippen LogP contribution in [-0.2, 0) is 14.8 Å². The van der Waals surface area contributed by atoms with Crippen LogP contribution in [0.3, 0.4) is 0 Å². The van der Waals surface area contributed by atoms with Crippen molar-refractivity contribution in [2.45, 2.75) is 38.5 Å². The van der Waals surface area contributed by atoms with Crippen molar-refractivity contribution in [3.05, 3.63) is 65.7 Å². The summed E-state index contributed by atoms with van der Waals surface area (Å²) < 4.78 is 27.1. The molecule has 2 N–H and O–H groups in total. The maximum absolute atomic E-state index is 12.8. The highest BCUT2D eigenvalue weighted by atomic mass is 32.2. The molecule has 0 fully saturated rings. The van der Waals surface area contributed by atoms with Crippen molar-refractivity contribution < 1.29 is 13.2 Å². The number of rotatable bonds is 9. The van der Waals surface area contributed by atoms with Crippen LogP contribution < -0.4 is 10.6 Å². The molecule has 2 aromatic rings. The Balaban J connectivity index is 1.96. The van der Waals surface area contributed by atoms with Crippen LogP contribution in [0.1, 0.15) is 37.8 Å². The predicted molar refractivity (Wildman–Crippen MR) is 130 cm³/mol. The zero-order valence-corrected chi connectivity index (χ0v) is 19.7. The van der Waals surface area contributed by atoms with Crippen LogP contribution in [0.4, 0.5) is 5.69 Å². The molecule has 0 unspecified atom stereocenters. The molecule has 0 spiro atoms. The molecule has 2 rings (SSSR count). The Labute approximate surface area is 190 Å². The fourth-order valence-electron chi connectivity index (χ4n) is 2.88. The number of aryl methyl sites for hydroxylation is 1. The lowest BCUT2D eigenvalue weighted by Gasteiger charge is -2.21. The average Bonchev–Trinajstić information content (AvgIpc) is 2.73. The highest BCUT2D eigenvalue weighted by Gasteiger charge is 2.22. The Bertz CT molecular complexity index is 1010. The second kappa shape index (κ2) is 11.7. The van der Waals surface area contributed by atoms with E-state index in [0.29, 0.717) is 18.8 Å². The van der Waals surface area contributed by atoms with E-state index in [1.165, 1.54) is 22.5 Å². The minimum atomic E-state index is -3.53. The van der Waals surface area contributed by atoms with Crippen LogP contribution >= 0.6 is 12.2 Å². The minimum Gasteiger partial charge on any atom is -0.332 e. The normalized spacial score (nSPS) is 11.6. The summed E-state index contributed by atoms with van der Waals surface area (Å²) in [6, 6.07) is 14.1. The summed E-state index contributed by atoms with van der Waals surface area (Å²) in [5.74, 6) is -0.355. The zero-order chi connectivity index (χ0) is 22.9. The number of nitrogens with zero attached hydrogens (tertiary/aromatic N) is 1. The van der Waals surface area contributed by atoms with Gasteiger partial charge >= 0.3 is 0 Å². The van der Waals surface area contributed by atoms with Gasteiger partial charge in [0, 0.05) is 24.9 Å². The topological polar surface area (TPSA) is 78.5 Å². The number of hydrogen-bond donors (Lipinski definition) is 2. The van der Waals surface area contributed by atoms with Gasteiger partial charge in [-0.3, -0.25) is 10.1 Å². The largest absolute Gasteiger partial charge is 0.332 e. The van der Waals surface area contributed by atoms with Gasteiger partial charge in [0.2, 0.25) is 15.9 Å². The van der Waals surface area contributed by atoms with E-state index in [4.69, 9.17) is 12.2 Å². The van der Waals surface area contributed by atoms with Crippen LogP contribution in [0.5, 0.6) is 0 Å². The summed E-state index contributed by atoms with van der Waals surface area (Å²) in [5.41, 5.74) is 2.65. The number of hydrogen-bond acceptors (Lipinski definition) is 4. The molecule has 0 saturated carbocycles. The molecule has 0 heterocycles. The van der Waals surface area contributed by atoms with E-state index >= 15 is 0 Å². The van der Waals surface area contributed by atoms with Crippen LogP contribution in [0.15, 0.2) is 59.5 Å². The molecule has 0 saturated heterocycles. The fourth-order valence-corrected chi connectivity index (χ4v) is 4.72. The number of benzene rings is 2. The second-order valence-corrected chi connectivity index (χ2v) is 9.46. The van der Waals surface area contributed by atoms with E-state index in [9.17, 15) is 13.2 Å². The number of sulfonamides is 1. The van der Waals surface area contributed by atoms with Crippen molar-refractivity contribution in [3.63, 3.8) is 0 Å². The first-order valence-electron chi connectivity index (χ1n) is 10.2. The van der Waals surface area contributed by atoms with Crippen LogP contribution in [0, 0.1) is 6.92 Å². The van der Waals surface area contributed by atoms with Crippen LogP contribution in [0.25, 0.3) is 6.08 Å². The lowest BCUT2D eigenvalue weighted by molar-refractivity contribution is -0.115. The molecule has 0 atom stereocenters. The van der Waals surface area contributed by atoms with Gasteiger partial charge in [-0.25, -0.2) is 8.42 Å². The average molecular weight is 460 g/mol. The molecule has 0 bridgehead atoms. The van der Waals surface area contributed by atoms with Gasteiger partial charge in [-0.1, -0.05) is 43.7 Å². The van der Waals surface area contributed by atoms with Gasteiger partial charge < -0.3 is 5.32 Å². The van der Waals surface area contributed by atoms with E-state index in [0.717, 1.165) is 24.0 Å². The third-order valence-corrected chi connectivity index (χ3v) is 6.55. The Hall–Kier alpha value is -2.55.